The van der Waals surface area contributed by atoms with Gasteiger partial charge in [0.2, 0.25) is 0 Å². The number of amides is 2. The standard InChI is InChI=1S/C14H10Cl2N4O/c15-10-6-5-8(7-11(10)16)17-14(21)18-13-9-3-1-2-4-12(9)19-20-13/h1-7H,(H3,17,18,19,20,21). The molecule has 0 saturated carbocycles. The summed E-state index contributed by atoms with van der Waals surface area (Å²) in [6.45, 7) is 0. The fraction of sp³-hybridized carbons (Fsp3) is 0. The summed E-state index contributed by atoms with van der Waals surface area (Å²) in [5.41, 5.74) is 1.39. The fourth-order valence-electron chi connectivity index (χ4n) is 1.90. The monoisotopic (exact) mass is 320 g/mol. The van der Waals surface area contributed by atoms with Crippen LogP contribution in [0.4, 0.5) is 16.3 Å². The van der Waals surface area contributed by atoms with Crippen LogP contribution in [0.1, 0.15) is 0 Å². The second kappa shape index (κ2) is 5.63. The molecular formula is C14H10Cl2N4O. The quantitative estimate of drug-likeness (QED) is 0.650. The van der Waals surface area contributed by atoms with E-state index in [1.165, 1.54) is 0 Å². The van der Waals surface area contributed by atoms with Crippen LogP contribution in [-0.2, 0) is 0 Å². The van der Waals surface area contributed by atoms with Crippen molar-refractivity contribution in [2.45, 2.75) is 0 Å². The topological polar surface area (TPSA) is 69.8 Å². The highest BCUT2D eigenvalue weighted by molar-refractivity contribution is 6.42. The van der Waals surface area contributed by atoms with Gasteiger partial charge in [-0.05, 0) is 30.3 Å². The predicted octanol–water partition coefficient (Wildman–Crippen LogP) is 4.51. The van der Waals surface area contributed by atoms with Crippen molar-refractivity contribution in [3.63, 3.8) is 0 Å². The molecule has 1 aromatic heterocycles. The molecule has 0 saturated heterocycles. The van der Waals surface area contributed by atoms with Crippen molar-refractivity contribution in [3.05, 3.63) is 52.5 Å². The third-order valence-corrected chi connectivity index (χ3v) is 3.62. The third kappa shape index (κ3) is 2.94. The predicted molar refractivity (Wildman–Crippen MR) is 85.2 cm³/mol. The van der Waals surface area contributed by atoms with Gasteiger partial charge in [0.1, 0.15) is 0 Å². The zero-order valence-electron chi connectivity index (χ0n) is 10.7. The molecule has 0 atom stereocenters. The molecule has 21 heavy (non-hydrogen) atoms. The Balaban J connectivity index is 1.75. The van der Waals surface area contributed by atoms with E-state index in [0.29, 0.717) is 21.6 Å². The minimum Gasteiger partial charge on any atom is -0.308 e. The first kappa shape index (κ1) is 13.7. The largest absolute Gasteiger partial charge is 0.324 e. The van der Waals surface area contributed by atoms with Crippen LogP contribution in [0.5, 0.6) is 0 Å². The summed E-state index contributed by atoms with van der Waals surface area (Å²) in [5.74, 6) is 0.461. The van der Waals surface area contributed by atoms with Crippen molar-refractivity contribution in [2.24, 2.45) is 0 Å². The van der Waals surface area contributed by atoms with Crippen LogP contribution in [0, 0.1) is 0 Å². The zero-order valence-corrected chi connectivity index (χ0v) is 12.2. The average Bonchev–Trinajstić information content (AvgIpc) is 2.86. The number of carbonyl (C=O) groups excluding carboxylic acids is 1. The van der Waals surface area contributed by atoms with Gasteiger partial charge in [-0.1, -0.05) is 35.3 Å². The van der Waals surface area contributed by atoms with Gasteiger partial charge >= 0.3 is 6.03 Å². The van der Waals surface area contributed by atoms with E-state index in [0.717, 1.165) is 10.9 Å². The molecule has 0 aliphatic carbocycles. The first-order valence-electron chi connectivity index (χ1n) is 6.09. The Hall–Kier alpha value is -2.24. The van der Waals surface area contributed by atoms with E-state index in [2.05, 4.69) is 20.8 Å². The van der Waals surface area contributed by atoms with Crippen molar-refractivity contribution < 1.29 is 4.79 Å². The van der Waals surface area contributed by atoms with Crippen molar-refractivity contribution in [1.82, 2.24) is 10.2 Å². The van der Waals surface area contributed by atoms with E-state index >= 15 is 0 Å². The number of para-hydroxylation sites is 1. The van der Waals surface area contributed by atoms with E-state index in [4.69, 9.17) is 23.2 Å². The van der Waals surface area contributed by atoms with Crippen LogP contribution in [0.2, 0.25) is 10.0 Å². The number of rotatable bonds is 2. The summed E-state index contributed by atoms with van der Waals surface area (Å²) >= 11 is 11.7. The molecule has 0 aliphatic rings. The Bertz CT molecular complexity index is 816. The highest BCUT2D eigenvalue weighted by atomic mass is 35.5. The molecule has 5 nitrogen and oxygen atoms in total. The van der Waals surface area contributed by atoms with Gasteiger partial charge in [0.15, 0.2) is 5.82 Å². The number of hydrogen-bond acceptors (Lipinski definition) is 2. The Morgan fingerprint density at radius 2 is 1.86 bits per heavy atom. The first-order chi connectivity index (χ1) is 10.1. The van der Waals surface area contributed by atoms with E-state index in [1.54, 1.807) is 18.2 Å². The molecule has 0 radical (unpaired) electrons. The third-order valence-electron chi connectivity index (χ3n) is 2.88. The number of halogens is 2. The lowest BCUT2D eigenvalue weighted by atomic mass is 10.2. The highest BCUT2D eigenvalue weighted by Gasteiger charge is 2.09. The van der Waals surface area contributed by atoms with Gasteiger partial charge in [-0.15, -0.1) is 0 Å². The van der Waals surface area contributed by atoms with Crippen LogP contribution in [0.25, 0.3) is 10.9 Å². The molecular weight excluding hydrogens is 311 g/mol. The summed E-state index contributed by atoms with van der Waals surface area (Å²) < 4.78 is 0. The van der Waals surface area contributed by atoms with E-state index in [1.807, 2.05) is 24.3 Å². The number of nitrogens with one attached hydrogen (secondary N) is 3. The number of benzene rings is 2. The Labute approximate surface area is 130 Å². The number of aromatic nitrogens is 2. The lowest BCUT2D eigenvalue weighted by Crippen LogP contribution is -2.19. The van der Waals surface area contributed by atoms with Crippen molar-refractivity contribution in [1.29, 1.82) is 0 Å². The SMILES string of the molecule is O=C(Nc1ccc(Cl)c(Cl)c1)Nc1n[nH]c2ccccc12. The number of anilines is 2. The molecule has 0 unspecified atom stereocenters. The van der Waals surface area contributed by atoms with Gasteiger partial charge in [0.25, 0.3) is 0 Å². The lowest BCUT2D eigenvalue weighted by molar-refractivity contribution is 0.262. The second-order valence-corrected chi connectivity index (χ2v) is 5.14. The van der Waals surface area contributed by atoms with Gasteiger partial charge in [0, 0.05) is 11.1 Å². The molecule has 3 aromatic rings. The lowest BCUT2D eigenvalue weighted by Gasteiger charge is -2.06. The fourth-order valence-corrected chi connectivity index (χ4v) is 2.20. The molecule has 2 aromatic carbocycles. The number of aromatic amines is 1. The smallest absolute Gasteiger partial charge is 0.308 e. The maximum absolute atomic E-state index is 12.0. The van der Waals surface area contributed by atoms with Crippen LogP contribution in [0.15, 0.2) is 42.5 Å². The molecule has 0 bridgehead atoms. The average molecular weight is 321 g/mol. The Kier molecular flexibility index (Phi) is 3.68. The van der Waals surface area contributed by atoms with E-state index in [9.17, 15) is 4.79 Å². The minimum absolute atomic E-state index is 0.375. The van der Waals surface area contributed by atoms with Gasteiger partial charge in [-0.25, -0.2) is 4.79 Å². The maximum Gasteiger partial charge on any atom is 0.324 e. The molecule has 106 valence electrons. The highest BCUT2D eigenvalue weighted by Crippen LogP contribution is 2.25. The Morgan fingerprint density at radius 1 is 1.05 bits per heavy atom. The van der Waals surface area contributed by atoms with Gasteiger partial charge in [-0.3, -0.25) is 10.4 Å². The van der Waals surface area contributed by atoms with Crippen LogP contribution in [-0.4, -0.2) is 16.2 Å². The summed E-state index contributed by atoms with van der Waals surface area (Å²) in [4.78, 5) is 12.0. The van der Waals surface area contributed by atoms with Crippen LogP contribution in [0.3, 0.4) is 0 Å². The number of urea groups is 1. The Morgan fingerprint density at radius 3 is 2.67 bits per heavy atom. The minimum atomic E-state index is -0.411. The number of hydrogen-bond donors (Lipinski definition) is 3. The van der Waals surface area contributed by atoms with Crippen molar-refractivity contribution in [3.8, 4) is 0 Å². The van der Waals surface area contributed by atoms with Gasteiger partial charge in [0.05, 0.1) is 15.6 Å². The maximum atomic E-state index is 12.0. The molecule has 0 fully saturated rings. The summed E-state index contributed by atoms with van der Waals surface area (Å²) in [6.07, 6.45) is 0. The summed E-state index contributed by atoms with van der Waals surface area (Å²) in [6, 6.07) is 12.0. The number of carbonyl (C=O) groups is 1. The van der Waals surface area contributed by atoms with Crippen molar-refractivity contribution in [2.75, 3.05) is 10.6 Å². The first-order valence-corrected chi connectivity index (χ1v) is 6.85. The zero-order chi connectivity index (χ0) is 14.8. The second-order valence-electron chi connectivity index (χ2n) is 4.33. The van der Waals surface area contributed by atoms with Gasteiger partial charge < -0.3 is 5.32 Å². The van der Waals surface area contributed by atoms with E-state index < -0.39 is 6.03 Å². The van der Waals surface area contributed by atoms with Gasteiger partial charge in [-0.2, -0.15) is 5.10 Å². The molecule has 1 heterocycles. The molecule has 7 heteroatoms. The molecule has 2 amide bonds. The number of H-pyrrole nitrogens is 1. The molecule has 0 spiro atoms. The molecule has 3 N–H and O–H groups in total. The van der Waals surface area contributed by atoms with Crippen LogP contribution < -0.4 is 10.6 Å². The van der Waals surface area contributed by atoms with E-state index in [-0.39, 0.29) is 0 Å². The molecule has 3 rings (SSSR count). The number of nitrogens with zero attached hydrogens (tertiary/aromatic N) is 1. The summed E-state index contributed by atoms with van der Waals surface area (Å²) in [7, 11) is 0. The normalized spacial score (nSPS) is 10.6. The van der Waals surface area contributed by atoms with Crippen molar-refractivity contribution >= 4 is 51.6 Å². The van der Waals surface area contributed by atoms with Crippen LogP contribution >= 0.6 is 23.2 Å². The summed E-state index contributed by atoms with van der Waals surface area (Å²) in [5, 5.41) is 13.9. The number of fused-ring (bicyclic) bond motifs is 1. The molecule has 0 aliphatic heterocycles.